The number of nitrogens with zero attached hydrogens (tertiary/aromatic N) is 3. The highest BCUT2D eigenvalue weighted by atomic mass is 32.2. The number of methoxy groups -OCH3 is 2. The number of ether oxygens (including phenoxy) is 2. The Morgan fingerprint density at radius 2 is 1.96 bits per heavy atom. The Labute approximate surface area is 154 Å². The predicted octanol–water partition coefficient (Wildman–Crippen LogP) is 2.16. The highest BCUT2D eigenvalue weighted by Gasteiger charge is 2.14. The molecule has 9 heteroatoms. The van der Waals surface area contributed by atoms with Gasteiger partial charge in [0, 0.05) is 6.07 Å². The van der Waals surface area contributed by atoms with E-state index in [-0.39, 0.29) is 28.6 Å². The molecule has 1 heterocycles. The first-order valence-electron chi connectivity index (χ1n) is 7.27. The molecule has 0 unspecified atom stereocenters. The molecule has 0 atom stereocenters. The molecule has 0 aliphatic carbocycles. The monoisotopic (exact) mass is 369 g/mol. The molecule has 132 valence electrons. The van der Waals surface area contributed by atoms with Crippen LogP contribution in [-0.4, -0.2) is 30.9 Å². The minimum atomic E-state index is -0.313. The van der Waals surface area contributed by atoms with Gasteiger partial charge in [-0.05, 0) is 18.2 Å². The summed E-state index contributed by atoms with van der Waals surface area (Å²) in [6.07, 6.45) is 0. The van der Waals surface area contributed by atoms with Crippen molar-refractivity contribution in [2.45, 2.75) is 5.03 Å². The van der Waals surface area contributed by atoms with Crippen LogP contribution < -0.4 is 20.5 Å². The number of nitrogens with one attached hydrogen (secondary N) is 1. The number of carbonyl (C=O) groups is 1. The van der Waals surface area contributed by atoms with Gasteiger partial charge in [-0.15, -0.1) is 0 Å². The second-order valence-electron chi connectivity index (χ2n) is 4.90. The first-order chi connectivity index (χ1) is 12.5. The molecule has 0 aliphatic rings. The van der Waals surface area contributed by atoms with Crippen LogP contribution in [0.2, 0.25) is 0 Å². The van der Waals surface area contributed by atoms with Crippen molar-refractivity contribution in [2.75, 3.05) is 31.0 Å². The third-order valence-corrected chi connectivity index (χ3v) is 4.27. The predicted molar refractivity (Wildman–Crippen MR) is 97.0 cm³/mol. The summed E-state index contributed by atoms with van der Waals surface area (Å²) in [6.45, 7) is 0. The van der Waals surface area contributed by atoms with Gasteiger partial charge in [-0.1, -0.05) is 11.8 Å². The summed E-state index contributed by atoms with van der Waals surface area (Å²) in [5.74, 6) is 0.770. The molecule has 2 aromatic rings. The number of hydrogen-bond acceptors (Lipinski definition) is 8. The van der Waals surface area contributed by atoms with Crippen LogP contribution in [0.5, 0.6) is 11.5 Å². The molecular weight excluding hydrogens is 354 g/mol. The highest BCUT2D eigenvalue weighted by molar-refractivity contribution is 8.00. The van der Waals surface area contributed by atoms with E-state index in [0.717, 1.165) is 11.8 Å². The van der Waals surface area contributed by atoms with Crippen LogP contribution in [0.1, 0.15) is 11.1 Å². The molecule has 2 rings (SSSR count). The summed E-state index contributed by atoms with van der Waals surface area (Å²) in [5.41, 5.74) is 6.47. The molecule has 1 aromatic heterocycles. The lowest BCUT2D eigenvalue weighted by Crippen LogP contribution is -2.15. The Kier molecular flexibility index (Phi) is 6.25. The molecule has 0 spiro atoms. The SMILES string of the molecule is COc1ccc(NC(=O)CSc2nc(N)c(C#N)cc2C#N)c(OC)c1. The van der Waals surface area contributed by atoms with Crippen LogP contribution in [-0.2, 0) is 4.79 Å². The average Bonchev–Trinajstić information content (AvgIpc) is 2.66. The number of rotatable bonds is 6. The van der Waals surface area contributed by atoms with Gasteiger partial charge in [-0.25, -0.2) is 4.98 Å². The molecule has 0 radical (unpaired) electrons. The zero-order valence-electron chi connectivity index (χ0n) is 14.1. The lowest BCUT2D eigenvalue weighted by Gasteiger charge is -2.11. The summed E-state index contributed by atoms with van der Waals surface area (Å²) < 4.78 is 10.3. The summed E-state index contributed by atoms with van der Waals surface area (Å²) in [6, 6.07) is 10.2. The fourth-order valence-electron chi connectivity index (χ4n) is 2.01. The van der Waals surface area contributed by atoms with Crippen molar-refractivity contribution in [1.82, 2.24) is 4.98 Å². The molecule has 0 aliphatic heterocycles. The lowest BCUT2D eigenvalue weighted by atomic mass is 10.2. The molecule has 1 amide bonds. The maximum atomic E-state index is 12.2. The smallest absolute Gasteiger partial charge is 0.234 e. The second kappa shape index (κ2) is 8.60. The van der Waals surface area contributed by atoms with Gasteiger partial charge in [0.25, 0.3) is 0 Å². The topological polar surface area (TPSA) is 134 Å². The number of anilines is 2. The van der Waals surface area contributed by atoms with Crippen molar-refractivity contribution in [3.63, 3.8) is 0 Å². The highest BCUT2D eigenvalue weighted by Crippen LogP contribution is 2.29. The maximum absolute atomic E-state index is 12.2. The first-order valence-corrected chi connectivity index (χ1v) is 8.26. The number of thioether (sulfide) groups is 1. The summed E-state index contributed by atoms with van der Waals surface area (Å²) >= 11 is 1.05. The molecule has 0 bridgehead atoms. The van der Waals surface area contributed by atoms with Crippen LogP contribution in [0.3, 0.4) is 0 Å². The van der Waals surface area contributed by atoms with Gasteiger partial charge in [0.2, 0.25) is 5.91 Å². The van der Waals surface area contributed by atoms with E-state index in [1.807, 2.05) is 12.1 Å². The quantitative estimate of drug-likeness (QED) is 0.740. The Morgan fingerprint density at radius 1 is 1.23 bits per heavy atom. The van der Waals surface area contributed by atoms with Crippen molar-refractivity contribution >= 4 is 29.2 Å². The number of amides is 1. The Hall–Kier alpha value is -3.43. The summed E-state index contributed by atoms with van der Waals surface area (Å²) in [4.78, 5) is 16.2. The van der Waals surface area contributed by atoms with E-state index in [4.69, 9.17) is 25.7 Å². The number of nitrogen functional groups attached to an aromatic ring is 1. The van der Waals surface area contributed by atoms with Gasteiger partial charge < -0.3 is 20.5 Å². The van der Waals surface area contributed by atoms with Gasteiger partial charge in [0.05, 0.1) is 36.8 Å². The van der Waals surface area contributed by atoms with E-state index in [9.17, 15) is 4.79 Å². The number of nitriles is 2. The Balaban J connectivity index is 2.10. The molecule has 0 saturated heterocycles. The maximum Gasteiger partial charge on any atom is 0.234 e. The largest absolute Gasteiger partial charge is 0.497 e. The minimum absolute atomic E-state index is 0.00219. The van der Waals surface area contributed by atoms with Gasteiger partial charge in [0.15, 0.2) is 0 Å². The minimum Gasteiger partial charge on any atom is -0.497 e. The standard InChI is InChI=1S/C17H15N5O3S/c1-24-12-3-4-13(14(6-12)25-2)21-15(23)9-26-17-11(8-19)5-10(7-18)16(20)22-17/h3-6H,9H2,1-2H3,(H2,20,22)(H,21,23). The van der Waals surface area contributed by atoms with E-state index in [0.29, 0.717) is 22.2 Å². The van der Waals surface area contributed by atoms with E-state index < -0.39 is 0 Å². The van der Waals surface area contributed by atoms with Crippen LogP contribution in [0.15, 0.2) is 29.3 Å². The van der Waals surface area contributed by atoms with Crippen molar-refractivity contribution in [1.29, 1.82) is 10.5 Å². The van der Waals surface area contributed by atoms with E-state index in [1.54, 1.807) is 18.2 Å². The molecular formula is C17H15N5O3S. The number of nitrogens with two attached hydrogens (primary N) is 1. The van der Waals surface area contributed by atoms with Gasteiger partial charge in [-0.2, -0.15) is 10.5 Å². The van der Waals surface area contributed by atoms with Gasteiger partial charge in [-0.3, -0.25) is 4.79 Å². The van der Waals surface area contributed by atoms with E-state index in [1.165, 1.54) is 20.3 Å². The fourth-order valence-corrected chi connectivity index (χ4v) is 2.77. The third kappa shape index (κ3) is 4.35. The fraction of sp³-hybridized carbons (Fsp3) is 0.176. The Bertz CT molecular complexity index is 918. The van der Waals surface area contributed by atoms with Gasteiger partial charge >= 0.3 is 0 Å². The molecule has 0 saturated carbocycles. The zero-order chi connectivity index (χ0) is 19.1. The van der Waals surface area contributed by atoms with Crippen LogP contribution in [0.25, 0.3) is 0 Å². The van der Waals surface area contributed by atoms with Crippen molar-refractivity contribution in [3.05, 3.63) is 35.4 Å². The molecule has 8 nitrogen and oxygen atoms in total. The second-order valence-corrected chi connectivity index (χ2v) is 5.86. The Morgan fingerprint density at radius 3 is 2.58 bits per heavy atom. The molecule has 26 heavy (non-hydrogen) atoms. The lowest BCUT2D eigenvalue weighted by molar-refractivity contribution is -0.113. The normalized spacial score (nSPS) is 9.69. The third-order valence-electron chi connectivity index (χ3n) is 3.28. The first kappa shape index (κ1) is 18.9. The molecule has 3 N–H and O–H groups in total. The molecule has 0 fully saturated rings. The number of benzene rings is 1. The zero-order valence-corrected chi connectivity index (χ0v) is 14.9. The molecule has 1 aromatic carbocycles. The summed E-state index contributed by atoms with van der Waals surface area (Å²) in [7, 11) is 3.02. The van der Waals surface area contributed by atoms with Crippen LogP contribution in [0.4, 0.5) is 11.5 Å². The number of carbonyl (C=O) groups excluding carboxylic acids is 1. The number of aromatic nitrogens is 1. The van der Waals surface area contributed by atoms with Crippen molar-refractivity contribution in [3.8, 4) is 23.6 Å². The van der Waals surface area contributed by atoms with Crippen molar-refractivity contribution in [2.24, 2.45) is 0 Å². The summed E-state index contributed by atoms with van der Waals surface area (Å²) in [5, 5.41) is 21.1. The van der Waals surface area contributed by atoms with E-state index >= 15 is 0 Å². The van der Waals surface area contributed by atoms with Crippen molar-refractivity contribution < 1.29 is 14.3 Å². The number of hydrogen-bond donors (Lipinski definition) is 2. The van der Waals surface area contributed by atoms with Crippen LogP contribution in [0, 0.1) is 22.7 Å². The van der Waals surface area contributed by atoms with E-state index in [2.05, 4.69) is 10.3 Å². The number of pyridine rings is 1. The van der Waals surface area contributed by atoms with Gasteiger partial charge in [0.1, 0.15) is 34.5 Å². The average molecular weight is 369 g/mol. The van der Waals surface area contributed by atoms with Crippen LogP contribution >= 0.6 is 11.8 Å².